The number of hydrogen-bond acceptors (Lipinski definition) is 3. The summed E-state index contributed by atoms with van der Waals surface area (Å²) < 4.78 is 0. The topological polar surface area (TPSA) is 60.8 Å². The monoisotopic (exact) mass is 507 g/mol. The number of carbonyl (C=O) groups is 1. The van der Waals surface area contributed by atoms with Gasteiger partial charge in [0.2, 0.25) is 5.91 Å². The van der Waals surface area contributed by atoms with E-state index in [0.717, 1.165) is 57.5 Å². The maximum atomic E-state index is 13.2. The second-order valence-corrected chi connectivity index (χ2v) is 14.2. The Morgan fingerprint density at radius 3 is 2.62 bits per heavy atom. The van der Waals surface area contributed by atoms with Crippen LogP contribution >= 0.6 is 0 Å². The molecule has 4 saturated carbocycles. The minimum atomic E-state index is -0.245. The van der Waals surface area contributed by atoms with Gasteiger partial charge in [0.1, 0.15) is 0 Å². The van der Waals surface area contributed by atoms with Crippen molar-refractivity contribution in [3.05, 3.63) is 35.4 Å². The summed E-state index contributed by atoms with van der Waals surface area (Å²) in [5, 5.41) is 22.1. The van der Waals surface area contributed by atoms with Gasteiger partial charge in [0, 0.05) is 19.5 Å². The molecule has 1 heterocycles. The second-order valence-electron chi connectivity index (χ2n) is 14.2. The number of hydrogen-bond donors (Lipinski definition) is 2. The fourth-order valence-electron chi connectivity index (χ4n) is 10.6. The van der Waals surface area contributed by atoms with Gasteiger partial charge >= 0.3 is 0 Å². The first kappa shape index (κ1) is 25.9. The highest BCUT2D eigenvalue weighted by Crippen LogP contribution is 2.68. The predicted molar refractivity (Wildman–Crippen MR) is 147 cm³/mol. The molecular weight excluding hydrogens is 458 g/mol. The molecule has 4 fully saturated rings. The Morgan fingerprint density at radius 2 is 1.81 bits per heavy atom. The number of benzene rings is 1. The van der Waals surface area contributed by atoms with Gasteiger partial charge in [-0.2, -0.15) is 0 Å². The van der Waals surface area contributed by atoms with Crippen LogP contribution in [0.25, 0.3) is 0 Å². The average Bonchev–Trinajstić information content (AvgIpc) is 3.26. The molecule has 204 valence electrons. The summed E-state index contributed by atoms with van der Waals surface area (Å²) in [6, 6.07) is 8.54. The standard InChI is InChI=1S/C33H49NO3/c1-21(8-13-31(37)34-17-15-22-6-4-5-7-23(22)20-34)27-11-12-28-26-10-9-24-18-25(35)14-16-32(24,2)29(26)19-30(36)33(27,28)3/h4-7,21,24-30,35-36H,8-20H2,1-3H3. The fourth-order valence-corrected chi connectivity index (χ4v) is 10.6. The van der Waals surface area contributed by atoms with Crippen molar-refractivity contribution in [2.45, 2.75) is 110 Å². The van der Waals surface area contributed by atoms with Crippen LogP contribution in [-0.2, 0) is 17.8 Å². The van der Waals surface area contributed by atoms with Crippen LogP contribution in [0, 0.1) is 46.3 Å². The first-order valence-electron chi connectivity index (χ1n) is 15.4. The molecule has 0 radical (unpaired) electrons. The number of fused-ring (bicyclic) bond motifs is 6. The van der Waals surface area contributed by atoms with Crippen molar-refractivity contribution in [1.29, 1.82) is 0 Å². The Kier molecular flexibility index (Phi) is 6.75. The van der Waals surface area contributed by atoms with E-state index in [4.69, 9.17) is 0 Å². The van der Waals surface area contributed by atoms with E-state index in [1.807, 2.05) is 0 Å². The summed E-state index contributed by atoms with van der Waals surface area (Å²) >= 11 is 0. The second kappa shape index (κ2) is 9.66. The summed E-state index contributed by atoms with van der Waals surface area (Å²) in [7, 11) is 0. The van der Waals surface area contributed by atoms with Gasteiger partial charge in [-0.15, -0.1) is 0 Å². The van der Waals surface area contributed by atoms with Crippen molar-refractivity contribution in [2.24, 2.45) is 46.3 Å². The summed E-state index contributed by atoms with van der Waals surface area (Å²) in [4.78, 5) is 15.3. The lowest BCUT2D eigenvalue weighted by atomic mass is 9.43. The van der Waals surface area contributed by atoms with Crippen molar-refractivity contribution in [2.75, 3.05) is 6.54 Å². The Morgan fingerprint density at radius 1 is 1.03 bits per heavy atom. The van der Waals surface area contributed by atoms with E-state index in [9.17, 15) is 15.0 Å². The van der Waals surface area contributed by atoms with Gasteiger partial charge in [-0.3, -0.25) is 4.79 Å². The van der Waals surface area contributed by atoms with E-state index in [-0.39, 0.29) is 23.0 Å². The Balaban J connectivity index is 1.11. The zero-order valence-electron chi connectivity index (χ0n) is 23.4. The van der Waals surface area contributed by atoms with E-state index < -0.39 is 0 Å². The third-order valence-corrected chi connectivity index (χ3v) is 12.8. The smallest absolute Gasteiger partial charge is 0.222 e. The van der Waals surface area contributed by atoms with Crippen LogP contribution < -0.4 is 0 Å². The fraction of sp³-hybridized carbons (Fsp3) is 0.788. The molecule has 1 aliphatic heterocycles. The molecule has 1 aromatic rings. The average molecular weight is 508 g/mol. The third-order valence-electron chi connectivity index (χ3n) is 12.8. The van der Waals surface area contributed by atoms with Gasteiger partial charge in [0.15, 0.2) is 0 Å². The molecule has 6 rings (SSSR count). The van der Waals surface area contributed by atoms with Gasteiger partial charge in [0.25, 0.3) is 0 Å². The molecule has 4 nitrogen and oxygen atoms in total. The van der Waals surface area contributed by atoms with E-state index in [1.165, 1.54) is 36.8 Å². The maximum Gasteiger partial charge on any atom is 0.222 e. The Bertz CT molecular complexity index is 1010. The molecule has 1 aromatic carbocycles. The van der Waals surface area contributed by atoms with Gasteiger partial charge in [-0.1, -0.05) is 45.0 Å². The Hall–Kier alpha value is -1.39. The molecule has 4 heteroatoms. The van der Waals surface area contributed by atoms with E-state index in [0.29, 0.717) is 41.9 Å². The lowest BCUT2D eigenvalue weighted by molar-refractivity contribution is -0.175. The molecule has 37 heavy (non-hydrogen) atoms. The summed E-state index contributed by atoms with van der Waals surface area (Å²) in [6.07, 6.45) is 11.1. The number of aliphatic hydroxyl groups is 2. The molecule has 2 N–H and O–H groups in total. The minimum Gasteiger partial charge on any atom is -0.393 e. The SMILES string of the molecule is CC(CCC(=O)N1CCc2ccccc2C1)C1CCC2C3CCC4CC(O)CCC4(C)C3CC(O)C12C. The maximum absolute atomic E-state index is 13.2. The highest BCUT2D eigenvalue weighted by atomic mass is 16.3. The first-order valence-corrected chi connectivity index (χ1v) is 15.4. The first-order chi connectivity index (χ1) is 17.7. The lowest BCUT2D eigenvalue weighted by Gasteiger charge is -2.62. The summed E-state index contributed by atoms with van der Waals surface area (Å²) in [5.41, 5.74) is 2.96. The third kappa shape index (κ3) is 4.20. The van der Waals surface area contributed by atoms with E-state index in [1.54, 1.807) is 0 Å². The lowest BCUT2D eigenvalue weighted by Crippen LogP contribution is -2.58. The number of carbonyl (C=O) groups excluding carboxylic acids is 1. The van der Waals surface area contributed by atoms with Crippen LogP contribution in [-0.4, -0.2) is 39.8 Å². The van der Waals surface area contributed by atoms with Crippen LogP contribution in [0.3, 0.4) is 0 Å². The number of amides is 1. The molecule has 10 unspecified atom stereocenters. The van der Waals surface area contributed by atoms with Crippen molar-refractivity contribution < 1.29 is 15.0 Å². The molecule has 0 spiro atoms. The van der Waals surface area contributed by atoms with Gasteiger partial charge in [0.05, 0.1) is 12.2 Å². The van der Waals surface area contributed by atoms with Crippen LogP contribution in [0.1, 0.15) is 96.1 Å². The quantitative estimate of drug-likeness (QED) is 0.527. The largest absolute Gasteiger partial charge is 0.393 e. The zero-order valence-corrected chi connectivity index (χ0v) is 23.4. The molecule has 0 aromatic heterocycles. The van der Waals surface area contributed by atoms with Crippen molar-refractivity contribution in [1.82, 2.24) is 4.90 Å². The van der Waals surface area contributed by atoms with E-state index >= 15 is 0 Å². The molecular formula is C33H49NO3. The highest BCUT2D eigenvalue weighted by molar-refractivity contribution is 5.76. The van der Waals surface area contributed by atoms with Crippen LogP contribution in [0.15, 0.2) is 24.3 Å². The van der Waals surface area contributed by atoms with Crippen LogP contribution in [0.4, 0.5) is 0 Å². The number of nitrogens with zero attached hydrogens (tertiary/aromatic N) is 1. The van der Waals surface area contributed by atoms with Crippen LogP contribution in [0.5, 0.6) is 0 Å². The number of aliphatic hydroxyl groups excluding tert-OH is 2. The summed E-state index contributed by atoms with van der Waals surface area (Å²) in [5.74, 6) is 3.81. The van der Waals surface area contributed by atoms with Crippen molar-refractivity contribution in [3.8, 4) is 0 Å². The van der Waals surface area contributed by atoms with Crippen molar-refractivity contribution in [3.63, 3.8) is 0 Å². The molecule has 10 atom stereocenters. The highest BCUT2D eigenvalue weighted by Gasteiger charge is 2.63. The molecule has 1 amide bonds. The number of rotatable bonds is 4. The van der Waals surface area contributed by atoms with Crippen LogP contribution in [0.2, 0.25) is 0 Å². The molecule has 0 bridgehead atoms. The molecule has 4 aliphatic carbocycles. The zero-order chi connectivity index (χ0) is 25.9. The molecule has 0 saturated heterocycles. The normalized spacial score (nSPS) is 43.8. The Labute approximate surface area is 224 Å². The van der Waals surface area contributed by atoms with E-state index in [2.05, 4.69) is 49.9 Å². The van der Waals surface area contributed by atoms with Gasteiger partial charge in [-0.05, 0) is 122 Å². The van der Waals surface area contributed by atoms with Gasteiger partial charge in [-0.25, -0.2) is 0 Å². The predicted octanol–water partition coefficient (Wildman–Crippen LogP) is 5.98. The minimum absolute atomic E-state index is 0.0227. The molecule has 5 aliphatic rings. The van der Waals surface area contributed by atoms with Crippen molar-refractivity contribution >= 4 is 5.91 Å². The van der Waals surface area contributed by atoms with Gasteiger partial charge < -0.3 is 15.1 Å². The summed E-state index contributed by atoms with van der Waals surface area (Å²) in [6.45, 7) is 8.86.